The molecule has 0 aliphatic heterocycles. The van der Waals surface area contributed by atoms with E-state index in [4.69, 9.17) is 23.7 Å². The van der Waals surface area contributed by atoms with Gasteiger partial charge in [0, 0.05) is 11.9 Å². The van der Waals surface area contributed by atoms with Gasteiger partial charge in [-0.15, -0.1) is 0 Å². The second kappa shape index (κ2) is 33.3. The van der Waals surface area contributed by atoms with Gasteiger partial charge in [0.25, 0.3) is 0 Å². The van der Waals surface area contributed by atoms with E-state index >= 15 is 0 Å². The van der Waals surface area contributed by atoms with Gasteiger partial charge in [-0.25, -0.2) is 0 Å². The second-order valence-corrected chi connectivity index (χ2v) is 9.85. The molecule has 0 aliphatic rings. The van der Waals surface area contributed by atoms with E-state index in [0.29, 0.717) is 52.9 Å². The van der Waals surface area contributed by atoms with Gasteiger partial charge < -0.3 is 23.7 Å². The Kier molecular flexibility index (Phi) is 33.6. The molecule has 0 bridgehead atoms. The van der Waals surface area contributed by atoms with Crippen LogP contribution in [-0.4, -0.2) is 71.4 Å². The van der Waals surface area contributed by atoms with Crippen molar-refractivity contribution in [3.05, 3.63) is 0 Å². The number of unbranched alkanes of at least 4 members (excludes halogenated alkanes) is 15. The standard InChI is InChI=1S/C28H57BrO5/c1-2-3-4-5-6-7-8-9-10-11-12-13-14-15-16-17-19-30-21-23-32-25-27-34-28-26-33-24-22-31-20-18-29/h2-28H2,1H3. The summed E-state index contributed by atoms with van der Waals surface area (Å²) in [5, 5.41) is 0.862. The second-order valence-electron chi connectivity index (χ2n) is 9.05. The fourth-order valence-corrected chi connectivity index (χ4v) is 4.02. The molecule has 0 saturated carbocycles. The molecule has 0 aromatic rings. The molecule has 0 saturated heterocycles. The van der Waals surface area contributed by atoms with Gasteiger partial charge in [-0.1, -0.05) is 119 Å². The lowest BCUT2D eigenvalue weighted by molar-refractivity contribution is -0.0102. The Bertz CT molecular complexity index is 315. The minimum Gasteiger partial charge on any atom is -0.379 e. The van der Waals surface area contributed by atoms with Crippen molar-refractivity contribution in [1.29, 1.82) is 0 Å². The summed E-state index contributed by atoms with van der Waals surface area (Å²) in [6.45, 7) is 8.84. The Morgan fingerprint density at radius 1 is 0.324 bits per heavy atom. The molecule has 0 aromatic heterocycles. The van der Waals surface area contributed by atoms with Gasteiger partial charge in [-0.05, 0) is 6.42 Å². The highest BCUT2D eigenvalue weighted by molar-refractivity contribution is 9.09. The van der Waals surface area contributed by atoms with Crippen molar-refractivity contribution in [2.45, 2.75) is 110 Å². The Hall–Kier alpha value is 0.280. The zero-order chi connectivity index (χ0) is 24.6. The number of hydrogen-bond acceptors (Lipinski definition) is 5. The molecule has 0 rings (SSSR count). The van der Waals surface area contributed by atoms with Gasteiger partial charge in [0.15, 0.2) is 0 Å². The molecule has 6 heteroatoms. The quantitative estimate of drug-likeness (QED) is 0.0650. The summed E-state index contributed by atoms with van der Waals surface area (Å²) in [5.41, 5.74) is 0. The molecule has 0 aliphatic carbocycles. The van der Waals surface area contributed by atoms with Gasteiger partial charge >= 0.3 is 0 Å². The van der Waals surface area contributed by atoms with Crippen molar-refractivity contribution in [3.63, 3.8) is 0 Å². The molecule has 0 fully saturated rings. The lowest BCUT2D eigenvalue weighted by Gasteiger charge is -2.08. The topological polar surface area (TPSA) is 46.2 Å². The van der Waals surface area contributed by atoms with E-state index in [2.05, 4.69) is 22.9 Å². The highest BCUT2D eigenvalue weighted by Gasteiger charge is 1.96. The summed E-state index contributed by atoms with van der Waals surface area (Å²) in [6, 6.07) is 0. The highest BCUT2D eigenvalue weighted by atomic mass is 79.9. The minimum absolute atomic E-state index is 0.595. The van der Waals surface area contributed by atoms with Crippen LogP contribution in [0.5, 0.6) is 0 Å². The lowest BCUT2D eigenvalue weighted by Crippen LogP contribution is -2.13. The first-order valence-corrected chi connectivity index (χ1v) is 15.5. The van der Waals surface area contributed by atoms with Crippen molar-refractivity contribution < 1.29 is 23.7 Å². The predicted octanol–water partition coefficient (Wildman–Crippen LogP) is 7.73. The average Bonchev–Trinajstić information content (AvgIpc) is 2.85. The van der Waals surface area contributed by atoms with Gasteiger partial charge in [-0.3, -0.25) is 0 Å². The molecule has 206 valence electrons. The number of hydrogen-bond donors (Lipinski definition) is 0. The Balaban J connectivity index is 2.99. The van der Waals surface area contributed by atoms with E-state index in [-0.39, 0.29) is 0 Å². The van der Waals surface area contributed by atoms with E-state index in [1.165, 1.54) is 103 Å². The maximum Gasteiger partial charge on any atom is 0.0701 e. The van der Waals surface area contributed by atoms with Gasteiger partial charge in [0.05, 0.1) is 59.5 Å². The Morgan fingerprint density at radius 2 is 0.588 bits per heavy atom. The first-order valence-electron chi connectivity index (χ1n) is 14.4. The van der Waals surface area contributed by atoms with E-state index in [1.54, 1.807) is 0 Å². The van der Waals surface area contributed by atoms with Crippen molar-refractivity contribution in [1.82, 2.24) is 0 Å². The van der Waals surface area contributed by atoms with Crippen LogP contribution < -0.4 is 0 Å². The molecule has 0 heterocycles. The van der Waals surface area contributed by atoms with Gasteiger partial charge in [0.1, 0.15) is 0 Å². The van der Waals surface area contributed by atoms with Crippen molar-refractivity contribution in [3.8, 4) is 0 Å². The third-order valence-electron chi connectivity index (χ3n) is 5.85. The van der Waals surface area contributed by atoms with E-state index in [0.717, 1.165) is 18.5 Å². The zero-order valence-electron chi connectivity index (χ0n) is 22.5. The fourth-order valence-electron chi connectivity index (χ4n) is 3.79. The van der Waals surface area contributed by atoms with Crippen molar-refractivity contribution in [2.75, 3.05) is 71.4 Å². The molecule has 34 heavy (non-hydrogen) atoms. The van der Waals surface area contributed by atoms with Crippen LogP contribution in [0.2, 0.25) is 0 Å². The molecule has 0 aromatic carbocycles. The minimum atomic E-state index is 0.595. The molecular formula is C28H57BrO5. The van der Waals surface area contributed by atoms with Crippen molar-refractivity contribution in [2.24, 2.45) is 0 Å². The van der Waals surface area contributed by atoms with Crippen LogP contribution in [0, 0.1) is 0 Å². The summed E-state index contributed by atoms with van der Waals surface area (Å²) in [7, 11) is 0. The van der Waals surface area contributed by atoms with E-state index < -0.39 is 0 Å². The number of ether oxygens (including phenoxy) is 5. The first kappa shape index (κ1) is 34.3. The normalized spacial score (nSPS) is 11.5. The number of alkyl halides is 1. The molecule has 5 nitrogen and oxygen atoms in total. The predicted molar refractivity (Wildman–Crippen MR) is 147 cm³/mol. The van der Waals surface area contributed by atoms with E-state index in [1.807, 2.05) is 0 Å². The maximum atomic E-state index is 5.65. The summed E-state index contributed by atoms with van der Waals surface area (Å²) < 4.78 is 27.3. The molecular weight excluding hydrogens is 496 g/mol. The fraction of sp³-hybridized carbons (Fsp3) is 1.00. The van der Waals surface area contributed by atoms with Crippen LogP contribution in [0.25, 0.3) is 0 Å². The van der Waals surface area contributed by atoms with Gasteiger partial charge in [-0.2, -0.15) is 0 Å². The van der Waals surface area contributed by atoms with Crippen LogP contribution in [0.3, 0.4) is 0 Å². The molecule has 0 spiro atoms. The first-order chi connectivity index (χ1) is 16.9. The van der Waals surface area contributed by atoms with Crippen LogP contribution >= 0.6 is 15.9 Å². The largest absolute Gasteiger partial charge is 0.379 e. The summed E-state index contributed by atoms with van der Waals surface area (Å²) in [4.78, 5) is 0. The molecule has 0 unspecified atom stereocenters. The molecule has 0 radical (unpaired) electrons. The number of rotatable bonds is 31. The number of halogens is 1. The lowest BCUT2D eigenvalue weighted by atomic mass is 10.0. The van der Waals surface area contributed by atoms with E-state index in [9.17, 15) is 0 Å². The molecule has 0 atom stereocenters. The summed E-state index contributed by atoms with van der Waals surface area (Å²) in [6.07, 6.45) is 22.4. The molecule has 0 N–H and O–H groups in total. The highest BCUT2D eigenvalue weighted by Crippen LogP contribution is 2.13. The average molecular weight is 554 g/mol. The van der Waals surface area contributed by atoms with Crippen molar-refractivity contribution >= 4 is 15.9 Å². The van der Waals surface area contributed by atoms with Crippen LogP contribution in [0.1, 0.15) is 110 Å². The smallest absolute Gasteiger partial charge is 0.0701 e. The van der Waals surface area contributed by atoms with Crippen LogP contribution in [-0.2, 0) is 23.7 Å². The maximum absolute atomic E-state index is 5.65. The Morgan fingerprint density at radius 3 is 0.912 bits per heavy atom. The summed E-state index contributed by atoms with van der Waals surface area (Å²) >= 11 is 3.31. The Labute approximate surface area is 220 Å². The summed E-state index contributed by atoms with van der Waals surface area (Å²) in [5.74, 6) is 0. The third-order valence-corrected chi connectivity index (χ3v) is 6.18. The third kappa shape index (κ3) is 32.3. The zero-order valence-corrected chi connectivity index (χ0v) is 24.1. The molecule has 0 amide bonds. The van der Waals surface area contributed by atoms with Gasteiger partial charge in [0.2, 0.25) is 0 Å². The SMILES string of the molecule is CCCCCCCCCCCCCCCCCCOCCOCCOCCOCCOCCBr. The van der Waals surface area contributed by atoms with Crippen LogP contribution in [0.15, 0.2) is 0 Å². The monoisotopic (exact) mass is 552 g/mol. The van der Waals surface area contributed by atoms with Crippen LogP contribution in [0.4, 0.5) is 0 Å².